The van der Waals surface area contributed by atoms with Gasteiger partial charge in [0, 0.05) is 6.54 Å². The molecule has 1 rings (SSSR count). The van der Waals surface area contributed by atoms with Gasteiger partial charge in [0.1, 0.15) is 5.75 Å². The number of hydrogen-bond acceptors (Lipinski definition) is 3. The first-order valence-electron chi connectivity index (χ1n) is 5.20. The number of halogens is 3. The fourth-order valence-corrected chi connectivity index (χ4v) is 1.25. The van der Waals surface area contributed by atoms with Gasteiger partial charge >= 0.3 is 6.18 Å². The summed E-state index contributed by atoms with van der Waals surface area (Å²) in [5, 5.41) is 2.49. The first-order valence-corrected chi connectivity index (χ1v) is 5.20. The molecule has 0 saturated heterocycles. The maximum Gasteiger partial charge on any atom is 0.416 e. The van der Waals surface area contributed by atoms with Crippen LogP contribution in [-0.4, -0.2) is 19.1 Å². The van der Waals surface area contributed by atoms with E-state index in [0.717, 1.165) is 18.2 Å². The van der Waals surface area contributed by atoms with Gasteiger partial charge in [-0.1, -0.05) is 0 Å². The van der Waals surface area contributed by atoms with Crippen LogP contribution in [0, 0.1) is 0 Å². The molecular weight excluding hydrogens is 249 g/mol. The zero-order valence-corrected chi connectivity index (χ0v) is 9.67. The second-order valence-corrected chi connectivity index (χ2v) is 3.49. The number of alkyl halides is 3. The highest BCUT2D eigenvalue weighted by atomic mass is 19.4. The van der Waals surface area contributed by atoms with E-state index < -0.39 is 11.7 Å². The van der Waals surface area contributed by atoms with Crippen LogP contribution in [-0.2, 0) is 11.0 Å². The minimum Gasteiger partial charge on any atom is -0.482 e. The maximum atomic E-state index is 12.4. The maximum absolute atomic E-state index is 12.4. The highest BCUT2D eigenvalue weighted by Crippen LogP contribution is 2.33. The third-order valence-electron chi connectivity index (χ3n) is 2.07. The van der Waals surface area contributed by atoms with Crippen LogP contribution >= 0.6 is 0 Å². The number of nitrogen functional groups attached to an aromatic ring is 1. The molecule has 1 aromatic carbocycles. The molecule has 0 bridgehead atoms. The van der Waals surface area contributed by atoms with Crippen molar-refractivity contribution < 1.29 is 22.7 Å². The van der Waals surface area contributed by atoms with Gasteiger partial charge in [-0.2, -0.15) is 13.2 Å². The largest absolute Gasteiger partial charge is 0.482 e. The summed E-state index contributed by atoms with van der Waals surface area (Å²) >= 11 is 0. The van der Waals surface area contributed by atoms with Gasteiger partial charge in [0.15, 0.2) is 6.61 Å². The zero-order chi connectivity index (χ0) is 13.8. The Labute approximate surface area is 102 Å². The van der Waals surface area contributed by atoms with Gasteiger partial charge in [0.05, 0.1) is 11.3 Å². The first-order chi connectivity index (χ1) is 8.34. The van der Waals surface area contributed by atoms with Gasteiger partial charge in [-0.15, -0.1) is 0 Å². The van der Waals surface area contributed by atoms with Crippen LogP contribution in [0.1, 0.15) is 12.5 Å². The highest BCUT2D eigenvalue weighted by Gasteiger charge is 2.30. The van der Waals surface area contributed by atoms with E-state index in [1.54, 1.807) is 6.92 Å². The number of amides is 1. The Bertz CT molecular complexity index is 433. The fraction of sp³-hybridized carbons (Fsp3) is 0.364. The number of nitrogens with one attached hydrogen (secondary N) is 1. The Hall–Kier alpha value is -1.92. The number of benzene rings is 1. The SMILES string of the molecule is CCNC(=O)COc1ccc(C(F)(F)F)cc1N. The van der Waals surface area contributed by atoms with E-state index in [4.69, 9.17) is 10.5 Å². The molecule has 0 fully saturated rings. The lowest BCUT2D eigenvalue weighted by molar-refractivity contribution is -0.137. The summed E-state index contributed by atoms with van der Waals surface area (Å²) in [5.74, 6) is -0.314. The average molecular weight is 262 g/mol. The third kappa shape index (κ3) is 3.83. The van der Waals surface area contributed by atoms with Crippen molar-refractivity contribution in [2.75, 3.05) is 18.9 Å². The molecule has 3 N–H and O–H groups in total. The van der Waals surface area contributed by atoms with E-state index in [-0.39, 0.29) is 24.0 Å². The molecule has 7 heteroatoms. The normalized spacial score (nSPS) is 11.1. The average Bonchev–Trinajstić information content (AvgIpc) is 2.26. The molecule has 1 aromatic rings. The van der Waals surface area contributed by atoms with Crippen LogP contribution in [0.3, 0.4) is 0 Å². The van der Waals surface area contributed by atoms with Gasteiger partial charge < -0.3 is 15.8 Å². The molecular formula is C11H13F3N2O2. The van der Waals surface area contributed by atoms with E-state index in [1.165, 1.54) is 0 Å². The molecule has 0 spiro atoms. The quantitative estimate of drug-likeness (QED) is 0.813. The monoisotopic (exact) mass is 262 g/mol. The third-order valence-corrected chi connectivity index (χ3v) is 2.07. The lowest BCUT2D eigenvalue weighted by Gasteiger charge is -2.11. The molecule has 0 aliphatic heterocycles. The molecule has 18 heavy (non-hydrogen) atoms. The lowest BCUT2D eigenvalue weighted by atomic mass is 10.2. The molecule has 4 nitrogen and oxygen atoms in total. The molecule has 1 amide bonds. The van der Waals surface area contributed by atoms with Gasteiger partial charge in [-0.05, 0) is 25.1 Å². The Balaban J connectivity index is 2.72. The second kappa shape index (κ2) is 5.61. The van der Waals surface area contributed by atoms with Crippen LogP contribution in [0.5, 0.6) is 5.75 Å². The van der Waals surface area contributed by atoms with Crippen molar-refractivity contribution >= 4 is 11.6 Å². The van der Waals surface area contributed by atoms with Crippen molar-refractivity contribution in [2.45, 2.75) is 13.1 Å². The molecule has 0 saturated carbocycles. The van der Waals surface area contributed by atoms with E-state index in [1.807, 2.05) is 0 Å². The summed E-state index contributed by atoms with van der Waals surface area (Å²) in [5.41, 5.74) is 4.41. The van der Waals surface area contributed by atoms with E-state index >= 15 is 0 Å². The summed E-state index contributed by atoms with van der Waals surface area (Å²) in [7, 11) is 0. The van der Waals surface area contributed by atoms with Crippen molar-refractivity contribution in [1.29, 1.82) is 0 Å². The Morgan fingerprint density at radius 1 is 1.44 bits per heavy atom. The van der Waals surface area contributed by atoms with E-state index in [9.17, 15) is 18.0 Å². The molecule has 0 aromatic heterocycles. The van der Waals surface area contributed by atoms with Crippen molar-refractivity contribution in [3.63, 3.8) is 0 Å². The topological polar surface area (TPSA) is 64.3 Å². The van der Waals surface area contributed by atoms with E-state index in [2.05, 4.69) is 5.32 Å². The number of nitrogens with two attached hydrogens (primary N) is 1. The number of hydrogen-bond donors (Lipinski definition) is 2. The number of carbonyl (C=O) groups is 1. The van der Waals surface area contributed by atoms with Gasteiger partial charge in [0.2, 0.25) is 0 Å². The van der Waals surface area contributed by atoms with Crippen molar-refractivity contribution in [3.8, 4) is 5.75 Å². The Morgan fingerprint density at radius 3 is 2.61 bits per heavy atom. The molecule has 0 radical (unpaired) electrons. The Kier molecular flexibility index (Phi) is 4.41. The van der Waals surface area contributed by atoms with Crippen molar-refractivity contribution in [2.24, 2.45) is 0 Å². The molecule has 0 unspecified atom stereocenters. The predicted octanol–water partition coefficient (Wildman–Crippen LogP) is 1.80. The lowest BCUT2D eigenvalue weighted by Crippen LogP contribution is -2.28. The number of likely N-dealkylation sites (N-methyl/N-ethyl adjacent to an activating group) is 1. The molecule has 100 valence electrons. The number of anilines is 1. The molecule has 0 heterocycles. The standard InChI is InChI=1S/C11H13F3N2O2/c1-2-16-10(17)6-18-9-4-3-7(5-8(9)15)11(12,13)14/h3-5H,2,6,15H2,1H3,(H,16,17). The number of carbonyl (C=O) groups excluding carboxylic acids is 1. The van der Waals surface area contributed by atoms with Gasteiger partial charge in [0.25, 0.3) is 5.91 Å². The minimum absolute atomic E-state index is 0.0502. The second-order valence-electron chi connectivity index (χ2n) is 3.49. The number of rotatable bonds is 4. The van der Waals surface area contributed by atoms with Crippen LogP contribution in [0.15, 0.2) is 18.2 Å². The summed E-state index contributed by atoms with van der Waals surface area (Å²) in [6, 6.07) is 2.72. The van der Waals surface area contributed by atoms with Crippen LogP contribution in [0.25, 0.3) is 0 Å². The smallest absolute Gasteiger partial charge is 0.416 e. The minimum atomic E-state index is -4.45. The predicted molar refractivity (Wildman–Crippen MR) is 60.0 cm³/mol. The fourth-order valence-electron chi connectivity index (χ4n) is 1.25. The molecule has 0 aliphatic carbocycles. The van der Waals surface area contributed by atoms with Gasteiger partial charge in [-0.3, -0.25) is 4.79 Å². The zero-order valence-electron chi connectivity index (χ0n) is 9.67. The van der Waals surface area contributed by atoms with Crippen molar-refractivity contribution in [3.05, 3.63) is 23.8 Å². The van der Waals surface area contributed by atoms with Crippen LogP contribution in [0.4, 0.5) is 18.9 Å². The highest BCUT2D eigenvalue weighted by molar-refractivity contribution is 5.77. The van der Waals surface area contributed by atoms with E-state index in [0.29, 0.717) is 6.54 Å². The Morgan fingerprint density at radius 2 is 2.11 bits per heavy atom. The molecule has 0 atom stereocenters. The van der Waals surface area contributed by atoms with Crippen molar-refractivity contribution in [1.82, 2.24) is 5.32 Å². The first kappa shape index (κ1) is 14.1. The number of ether oxygens (including phenoxy) is 1. The van der Waals surface area contributed by atoms with Crippen LogP contribution < -0.4 is 15.8 Å². The molecule has 0 aliphatic rings. The summed E-state index contributed by atoms with van der Waals surface area (Å²) in [6.45, 7) is 1.90. The van der Waals surface area contributed by atoms with Crippen LogP contribution in [0.2, 0.25) is 0 Å². The summed E-state index contributed by atoms with van der Waals surface area (Å²) in [6.07, 6.45) is -4.45. The summed E-state index contributed by atoms with van der Waals surface area (Å²) < 4.78 is 42.1. The van der Waals surface area contributed by atoms with Gasteiger partial charge in [-0.25, -0.2) is 0 Å². The summed E-state index contributed by atoms with van der Waals surface area (Å²) in [4.78, 5) is 11.1.